The standard InChI is InChI=1S/C12H17ClFN3O/c1-17(2)6-5-16-11(12(15)18)9-7-8(13)3-4-10(9)14/h3-4,7,11,16H,5-6H2,1-2H3,(H2,15,18). The Morgan fingerprint density at radius 2 is 2.22 bits per heavy atom. The van der Waals surface area contributed by atoms with Crippen LogP contribution in [0.1, 0.15) is 11.6 Å². The van der Waals surface area contributed by atoms with Crippen molar-refractivity contribution in [3.8, 4) is 0 Å². The third kappa shape index (κ3) is 4.25. The number of carbonyl (C=O) groups is 1. The molecular formula is C12H17ClFN3O. The number of nitrogens with zero attached hydrogens (tertiary/aromatic N) is 1. The van der Waals surface area contributed by atoms with Crippen LogP contribution in [-0.2, 0) is 4.79 Å². The molecule has 18 heavy (non-hydrogen) atoms. The molecule has 0 aromatic heterocycles. The average molecular weight is 274 g/mol. The fourth-order valence-electron chi connectivity index (χ4n) is 1.53. The molecule has 0 aliphatic rings. The minimum atomic E-state index is -0.872. The van der Waals surface area contributed by atoms with Crippen LogP contribution in [0.2, 0.25) is 5.02 Å². The van der Waals surface area contributed by atoms with Gasteiger partial charge in [0.2, 0.25) is 5.91 Å². The van der Waals surface area contributed by atoms with E-state index in [9.17, 15) is 9.18 Å². The van der Waals surface area contributed by atoms with E-state index in [0.717, 1.165) is 0 Å². The molecule has 4 nitrogen and oxygen atoms in total. The number of likely N-dealkylation sites (N-methyl/N-ethyl adjacent to an activating group) is 1. The highest BCUT2D eigenvalue weighted by atomic mass is 35.5. The topological polar surface area (TPSA) is 58.4 Å². The van der Waals surface area contributed by atoms with E-state index in [1.807, 2.05) is 19.0 Å². The predicted octanol–water partition coefficient (Wildman–Crippen LogP) is 1.16. The van der Waals surface area contributed by atoms with Gasteiger partial charge in [-0.15, -0.1) is 0 Å². The summed E-state index contributed by atoms with van der Waals surface area (Å²) in [6.07, 6.45) is 0. The zero-order chi connectivity index (χ0) is 13.7. The van der Waals surface area contributed by atoms with Crippen molar-refractivity contribution in [2.75, 3.05) is 27.2 Å². The molecule has 6 heteroatoms. The molecule has 0 radical (unpaired) electrons. The summed E-state index contributed by atoms with van der Waals surface area (Å²) in [5.41, 5.74) is 5.45. The minimum Gasteiger partial charge on any atom is -0.368 e. The Labute approximate surface area is 111 Å². The number of nitrogens with two attached hydrogens (primary N) is 1. The Balaban J connectivity index is 2.84. The number of halogens is 2. The molecule has 0 fully saturated rings. The molecule has 100 valence electrons. The molecule has 0 heterocycles. The van der Waals surface area contributed by atoms with Gasteiger partial charge >= 0.3 is 0 Å². The third-order valence-electron chi connectivity index (χ3n) is 2.46. The molecule has 1 aromatic rings. The van der Waals surface area contributed by atoms with Crippen LogP contribution in [0, 0.1) is 5.82 Å². The second-order valence-corrected chi connectivity index (χ2v) is 4.70. The van der Waals surface area contributed by atoms with Gasteiger partial charge in [-0.2, -0.15) is 0 Å². The minimum absolute atomic E-state index is 0.175. The van der Waals surface area contributed by atoms with Crippen LogP contribution in [0.5, 0.6) is 0 Å². The average Bonchev–Trinajstić information content (AvgIpc) is 2.27. The van der Waals surface area contributed by atoms with E-state index in [1.165, 1.54) is 18.2 Å². The Morgan fingerprint density at radius 3 is 2.78 bits per heavy atom. The molecule has 1 amide bonds. The molecule has 1 unspecified atom stereocenters. The van der Waals surface area contributed by atoms with E-state index in [2.05, 4.69) is 5.32 Å². The number of carbonyl (C=O) groups excluding carboxylic acids is 1. The van der Waals surface area contributed by atoms with E-state index >= 15 is 0 Å². The molecule has 0 bridgehead atoms. The molecule has 0 spiro atoms. The van der Waals surface area contributed by atoms with Gasteiger partial charge in [0.1, 0.15) is 11.9 Å². The SMILES string of the molecule is CN(C)CCNC(C(N)=O)c1cc(Cl)ccc1F. The monoisotopic (exact) mass is 273 g/mol. The molecular weight excluding hydrogens is 257 g/mol. The molecule has 0 saturated heterocycles. The molecule has 0 aliphatic carbocycles. The van der Waals surface area contributed by atoms with Crippen molar-refractivity contribution in [3.63, 3.8) is 0 Å². The summed E-state index contributed by atoms with van der Waals surface area (Å²) in [6, 6.07) is 3.19. The third-order valence-corrected chi connectivity index (χ3v) is 2.70. The lowest BCUT2D eigenvalue weighted by Crippen LogP contribution is -2.37. The van der Waals surface area contributed by atoms with E-state index < -0.39 is 17.8 Å². The first-order chi connectivity index (χ1) is 8.41. The van der Waals surface area contributed by atoms with Gasteiger partial charge in [0.25, 0.3) is 0 Å². The lowest BCUT2D eigenvalue weighted by atomic mass is 10.1. The maximum Gasteiger partial charge on any atom is 0.239 e. The van der Waals surface area contributed by atoms with Gasteiger partial charge in [0.15, 0.2) is 0 Å². The van der Waals surface area contributed by atoms with Gasteiger partial charge in [-0.25, -0.2) is 4.39 Å². The summed E-state index contributed by atoms with van der Waals surface area (Å²) >= 11 is 5.80. The van der Waals surface area contributed by atoms with Crippen molar-refractivity contribution in [1.29, 1.82) is 0 Å². The van der Waals surface area contributed by atoms with E-state index in [1.54, 1.807) is 0 Å². The van der Waals surface area contributed by atoms with Crippen molar-refractivity contribution in [3.05, 3.63) is 34.6 Å². The number of hydrogen-bond acceptors (Lipinski definition) is 3. The highest BCUT2D eigenvalue weighted by Gasteiger charge is 2.21. The van der Waals surface area contributed by atoms with Gasteiger partial charge in [-0.3, -0.25) is 4.79 Å². The molecule has 1 rings (SSSR count). The zero-order valence-corrected chi connectivity index (χ0v) is 11.2. The molecule has 3 N–H and O–H groups in total. The van der Waals surface area contributed by atoms with Crippen molar-refractivity contribution in [1.82, 2.24) is 10.2 Å². The maximum atomic E-state index is 13.6. The van der Waals surface area contributed by atoms with Crippen molar-refractivity contribution >= 4 is 17.5 Å². The van der Waals surface area contributed by atoms with Gasteiger partial charge in [-0.1, -0.05) is 11.6 Å². The first-order valence-corrected chi connectivity index (χ1v) is 5.92. The smallest absolute Gasteiger partial charge is 0.239 e. The van der Waals surface area contributed by atoms with Gasteiger partial charge in [-0.05, 0) is 32.3 Å². The molecule has 0 saturated carbocycles. The second kappa shape index (κ2) is 6.68. The van der Waals surface area contributed by atoms with Crippen molar-refractivity contribution in [2.24, 2.45) is 5.73 Å². The highest BCUT2D eigenvalue weighted by molar-refractivity contribution is 6.30. The van der Waals surface area contributed by atoms with E-state index in [-0.39, 0.29) is 5.56 Å². The lowest BCUT2D eigenvalue weighted by molar-refractivity contribution is -0.120. The quantitative estimate of drug-likeness (QED) is 0.818. The molecule has 0 aliphatic heterocycles. The second-order valence-electron chi connectivity index (χ2n) is 4.26. The summed E-state index contributed by atoms with van der Waals surface area (Å²) in [4.78, 5) is 13.3. The van der Waals surface area contributed by atoms with Gasteiger partial charge < -0.3 is 16.0 Å². The Bertz CT molecular complexity index is 426. The maximum absolute atomic E-state index is 13.6. The van der Waals surface area contributed by atoms with Gasteiger partial charge in [0.05, 0.1) is 0 Å². The number of rotatable bonds is 6. The summed E-state index contributed by atoms with van der Waals surface area (Å²) in [7, 11) is 3.81. The first-order valence-electron chi connectivity index (χ1n) is 5.54. The number of nitrogens with one attached hydrogen (secondary N) is 1. The van der Waals surface area contributed by atoms with Gasteiger partial charge in [0, 0.05) is 23.7 Å². The predicted molar refractivity (Wildman–Crippen MR) is 69.9 cm³/mol. The van der Waals surface area contributed by atoms with Crippen LogP contribution >= 0.6 is 11.6 Å². The normalized spacial score (nSPS) is 12.7. The van der Waals surface area contributed by atoms with Crippen LogP contribution in [0.4, 0.5) is 4.39 Å². The van der Waals surface area contributed by atoms with E-state index in [0.29, 0.717) is 18.1 Å². The Morgan fingerprint density at radius 1 is 1.56 bits per heavy atom. The highest BCUT2D eigenvalue weighted by Crippen LogP contribution is 2.21. The number of hydrogen-bond donors (Lipinski definition) is 2. The first kappa shape index (κ1) is 14.9. The lowest BCUT2D eigenvalue weighted by Gasteiger charge is -2.18. The van der Waals surface area contributed by atoms with Crippen LogP contribution in [0.25, 0.3) is 0 Å². The molecule has 1 atom stereocenters. The Kier molecular flexibility index (Phi) is 5.53. The van der Waals surface area contributed by atoms with E-state index in [4.69, 9.17) is 17.3 Å². The van der Waals surface area contributed by atoms with Crippen molar-refractivity contribution in [2.45, 2.75) is 6.04 Å². The van der Waals surface area contributed by atoms with Crippen LogP contribution in [-0.4, -0.2) is 38.0 Å². The summed E-state index contributed by atoms with van der Waals surface area (Å²) < 4.78 is 13.6. The Hall–Kier alpha value is -1.17. The summed E-state index contributed by atoms with van der Waals surface area (Å²) in [5.74, 6) is -1.13. The van der Waals surface area contributed by atoms with Crippen LogP contribution < -0.4 is 11.1 Å². The fraction of sp³-hybridized carbons (Fsp3) is 0.417. The summed E-state index contributed by atoms with van der Waals surface area (Å²) in [5, 5.41) is 3.29. The fourth-order valence-corrected chi connectivity index (χ4v) is 1.71. The largest absolute Gasteiger partial charge is 0.368 e. The number of primary amides is 1. The van der Waals surface area contributed by atoms with Crippen LogP contribution in [0.15, 0.2) is 18.2 Å². The van der Waals surface area contributed by atoms with Crippen LogP contribution in [0.3, 0.4) is 0 Å². The zero-order valence-electron chi connectivity index (χ0n) is 10.4. The molecule has 1 aromatic carbocycles. The number of benzene rings is 1. The number of amides is 1. The summed E-state index contributed by atoms with van der Waals surface area (Å²) in [6.45, 7) is 1.23. The van der Waals surface area contributed by atoms with Crippen molar-refractivity contribution < 1.29 is 9.18 Å².